The van der Waals surface area contributed by atoms with Crippen LogP contribution in [-0.2, 0) is 20.1 Å². The third kappa shape index (κ3) is 2.47. The number of benzene rings is 3. The first-order chi connectivity index (χ1) is 12.6. The maximum absolute atomic E-state index is 12.9. The van der Waals surface area contributed by atoms with Crippen molar-refractivity contribution in [3.63, 3.8) is 0 Å². The number of ether oxygens (including phenoxy) is 2. The molecule has 26 heavy (non-hydrogen) atoms. The second-order valence-electron chi connectivity index (χ2n) is 6.06. The second kappa shape index (κ2) is 6.15. The monoisotopic (exact) mass is 344 g/mol. The molecule has 128 valence electrons. The van der Waals surface area contributed by atoms with Crippen molar-refractivity contribution in [1.29, 1.82) is 0 Å². The van der Waals surface area contributed by atoms with E-state index in [2.05, 4.69) is 0 Å². The molecule has 0 saturated carbocycles. The smallest absolute Gasteiger partial charge is 0.342 e. The molecule has 0 saturated heterocycles. The molecule has 0 bridgehead atoms. The molecule has 1 aliphatic heterocycles. The van der Waals surface area contributed by atoms with Crippen molar-refractivity contribution < 1.29 is 19.1 Å². The minimum atomic E-state index is -1.64. The third-order valence-corrected chi connectivity index (χ3v) is 4.40. The zero-order chi connectivity index (χ0) is 18.1. The molecule has 4 heteroatoms. The highest BCUT2D eigenvalue weighted by molar-refractivity contribution is 5.99. The molecule has 1 unspecified atom stereocenters. The lowest BCUT2D eigenvalue weighted by Gasteiger charge is -2.33. The van der Waals surface area contributed by atoms with Crippen molar-refractivity contribution in [2.45, 2.75) is 12.7 Å². The van der Waals surface area contributed by atoms with Gasteiger partial charge in [0, 0.05) is 18.1 Å². The predicted octanol–water partition coefficient (Wildman–Crippen LogP) is 4.29. The van der Waals surface area contributed by atoms with Gasteiger partial charge in [0.2, 0.25) is 0 Å². The molecular weight excluding hydrogens is 328 g/mol. The zero-order valence-electron chi connectivity index (χ0n) is 14.1. The van der Waals surface area contributed by atoms with Crippen LogP contribution in [0.25, 0.3) is 11.1 Å². The number of hydrogen-bond acceptors (Lipinski definition) is 4. The zero-order valence-corrected chi connectivity index (χ0v) is 14.1. The van der Waals surface area contributed by atoms with E-state index in [0.717, 1.165) is 11.1 Å². The molecular formula is C22H16O4. The molecule has 0 radical (unpaired) electrons. The van der Waals surface area contributed by atoms with Crippen LogP contribution in [0.1, 0.15) is 28.4 Å². The normalized spacial score (nSPS) is 18.1. The van der Waals surface area contributed by atoms with Crippen LogP contribution in [-0.4, -0.2) is 11.9 Å². The van der Waals surface area contributed by atoms with Gasteiger partial charge < -0.3 is 9.47 Å². The summed E-state index contributed by atoms with van der Waals surface area (Å²) < 4.78 is 11.6. The Bertz CT molecular complexity index is 994. The Balaban J connectivity index is 2.07. The summed E-state index contributed by atoms with van der Waals surface area (Å²) in [5.74, 6) is -2.72. The van der Waals surface area contributed by atoms with Gasteiger partial charge in [-0.15, -0.1) is 0 Å². The summed E-state index contributed by atoms with van der Waals surface area (Å²) in [6, 6.07) is 23.7. The van der Waals surface area contributed by atoms with Gasteiger partial charge in [-0.2, -0.15) is 0 Å². The van der Waals surface area contributed by atoms with Crippen molar-refractivity contribution >= 4 is 11.9 Å². The van der Waals surface area contributed by atoms with Crippen molar-refractivity contribution in [3.05, 3.63) is 95.6 Å². The molecule has 0 amide bonds. The minimum absolute atomic E-state index is 0.435. The third-order valence-electron chi connectivity index (χ3n) is 4.40. The van der Waals surface area contributed by atoms with Crippen LogP contribution in [0.15, 0.2) is 78.9 Å². The molecule has 4 rings (SSSR count). The van der Waals surface area contributed by atoms with Crippen LogP contribution in [0.5, 0.6) is 0 Å². The Labute approximate surface area is 151 Å². The number of cyclic esters (lactones) is 1. The van der Waals surface area contributed by atoms with Gasteiger partial charge in [-0.3, -0.25) is 4.79 Å². The summed E-state index contributed by atoms with van der Waals surface area (Å²) >= 11 is 0. The Morgan fingerprint density at radius 2 is 1.38 bits per heavy atom. The van der Waals surface area contributed by atoms with E-state index >= 15 is 0 Å². The van der Waals surface area contributed by atoms with E-state index in [-0.39, 0.29) is 0 Å². The lowest BCUT2D eigenvalue weighted by molar-refractivity contribution is -0.195. The lowest BCUT2D eigenvalue weighted by atomic mass is 9.89. The molecule has 3 aromatic carbocycles. The van der Waals surface area contributed by atoms with E-state index in [1.54, 1.807) is 24.3 Å². The molecule has 4 nitrogen and oxygen atoms in total. The van der Waals surface area contributed by atoms with E-state index in [1.807, 2.05) is 54.6 Å². The highest BCUT2D eigenvalue weighted by Crippen LogP contribution is 2.44. The van der Waals surface area contributed by atoms with Gasteiger partial charge in [-0.05, 0) is 17.2 Å². The average molecular weight is 344 g/mol. The van der Waals surface area contributed by atoms with Crippen LogP contribution < -0.4 is 0 Å². The number of carbonyl (C=O) groups excluding carboxylic acids is 2. The summed E-state index contributed by atoms with van der Waals surface area (Å²) in [5, 5.41) is 0. The molecule has 0 aliphatic carbocycles. The van der Waals surface area contributed by atoms with E-state index in [9.17, 15) is 9.59 Å². The average Bonchev–Trinajstić information content (AvgIpc) is 2.77. The molecule has 1 aliphatic rings. The standard InChI is InChI=1S/C22H16O4/c1-15(23)25-22(16-9-3-2-4-10-16)20-14-8-7-12-18(20)17-11-5-6-13-19(17)21(24)26-22/h2-14H,1H3. The van der Waals surface area contributed by atoms with E-state index < -0.39 is 17.7 Å². The maximum Gasteiger partial charge on any atom is 0.342 e. The Morgan fingerprint density at radius 3 is 2.08 bits per heavy atom. The fourth-order valence-corrected chi connectivity index (χ4v) is 3.35. The molecule has 1 atom stereocenters. The van der Waals surface area contributed by atoms with Crippen LogP contribution in [0.3, 0.4) is 0 Å². The highest BCUT2D eigenvalue weighted by atomic mass is 16.7. The predicted molar refractivity (Wildman–Crippen MR) is 96.3 cm³/mol. The first kappa shape index (κ1) is 16.1. The largest absolute Gasteiger partial charge is 0.414 e. The summed E-state index contributed by atoms with van der Waals surface area (Å²) in [5.41, 5.74) is 3.16. The number of carbonyl (C=O) groups is 2. The minimum Gasteiger partial charge on any atom is -0.414 e. The topological polar surface area (TPSA) is 52.6 Å². The first-order valence-corrected chi connectivity index (χ1v) is 8.29. The fraction of sp³-hybridized carbons (Fsp3) is 0.0909. The first-order valence-electron chi connectivity index (χ1n) is 8.29. The maximum atomic E-state index is 12.9. The summed E-state index contributed by atoms with van der Waals surface area (Å²) in [7, 11) is 0. The summed E-state index contributed by atoms with van der Waals surface area (Å²) in [6.45, 7) is 1.30. The van der Waals surface area contributed by atoms with Gasteiger partial charge in [0.05, 0.1) is 5.56 Å². The van der Waals surface area contributed by atoms with Gasteiger partial charge >= 0.3 is 17.7 Å². The van der Waals surface area contributed by atoms with E-state index in [1.165, 1.54) is 6.92 Å². The summed E-state index contributed by atoms with van der Waals surface area (Å²) in [4.78, 5) is 24.9. The number of hydrogen-bond donors (Lipinski definition) is 0. The SMILES string of the molecule is CC(=O)OC1(c2ccccc2)OC(=O)c2ccccc2-c2ccccc21. The molecule has 0 fully saturated rings. The van der Waals surface area contributed by atoms with Crippen molar-refractivity contribution in [3.8, 4) is 11.1 Å². The fourth-order valence-electron chi connectivity index (χ4n) is 3.35. The van der Waals surface area contributed by atoms with Crippen LogP contribution in [0, 0.1) is 0 Å². The van der Waals surface area contributed by atoms with Crippen LogP contribution >= 0.6 is 0 Å². The summed E-state index contributed by atoms with van der Waals surface area (Å²) in [6.07, 6.45) is 0. The van der Waals surface area contributed by atoms with Crippen molar-refractivity contribution in [2.24, 2.45) is 0 Å². The molecule has 0 N–H and O–H groups in total. The van der Waals surface area contributed by atoms with Crippen molar-refractivity contribution in [2.75, 3.05) is 0 Å². The highest BCUT2D eigenvalue weighted by Gasteiger charge is 2.46. The number of rotatable bonds is 2. The lowest BCUT2D eigenvalue weighted by Crippen LogP contribution is -2.37. The van der Waals surface area contributed by atoms with E-state index in [0.29, 0.717) is 16.7 Å². The molecule has 3 aromatic rings. The molecule has 1 heterocycles. The van der Waals surface area contributed by atoms with Gasteiger partial charge in [0.1, 0.15) is 0 Å². The molecule has 0 aromatic heterocycles. The Kier molecular flexibility index (Phi) is 3.81. The van der Waals surface area contributed by atoms with Gasteiger partial charge in [-0.1, -0.05) is 72.8 Å². The molecule has 0 spiro atoms. The van der Waals surface area contributed by atoms with Crippen LogP contribution in [0.4, 0.5) is 0 Å². The van der Waals surface area contributed by atoms with Gasteiger partial charge in [-0.25, -0.2) is 4.79 Å². The number of fused-ring (bicyclic) bond motifs is 3. The Hall–Kier alpha value is -3.40. The van der Waals surface area contributed by atoms with Crippen molar-refractivity contribution in [1.82, 2.24) is 0 Å². The Morgan fingerprint density at radius 1 is 0.808 bits per heavy atom. The second-order valence-corrected chi connectivity index (χ2v) is 6.06. The van der Waals surface area contributed by atoms with Gasteiger partial charge in [0.25, 0.3) is 0 Å². The van der Waals surface area contributed by atoms with Gasteiger partial charge in [0.15, 0.2) is 0 Å². The quantitative estimate of drug-likeness (QED) is 0.651. The van der Waals surface area contributed by atoms with E-state index in [4.69, 9.17) is 9.47 Å². The van der Waals surface area contributed by atoms with Crippen LogP contribution in [0.2, 0.25) is 0 Å². The number of esters is 2.